The lowest BCUT2D eigenvalue weighted by molar-refractivity contribution is 0.101. The summed E-state index contributed by atoms with van der Waals surface area (Å²) in [6, 6.07) is 6.03. The third kappa shape index (κ3) is 7.47. The Kier molecular flexibility index (Phi) is 10.1. The number of nitrogens with zero attached hydrogens (tertiary/aromatic N) is 5. The van der Waals surface area contributed by atoms with Gasteiger partial charge in [-0.25, -0.2) is 15.5 Å². The third-order valence-electron chi connectivity index (χ3n) is 7.12. The summed E-state index contributed by atoms with van der Waals surface area (Å²) in [4.78, 5) is 14.2. The highest BCUT2D eigenvalue weighted by Gasteiger charge is 2.35. The normalized spacial score (nSPS) is 14.6. The summed E-state index contributed by atoms with van der Waals surface area (Å²) < 4.78 is 6.46. The average molecular weight is 547 g/mol. The van der Waals surface area contributed by atoms with E-state index in [2.05, 4.69) is 64.1 Å². The Balaban J connectivity index is 1.84. The SMILES string of the molecule is C=C/C(=C\C(=C/C)Nc1ncc2c(n1)C(C)(C)Oc1cc(NC(C)(C)CN=N)ccc1-2)N(C)CCN(CC)CC. The molecule has 40 heavy (non-hydrogen) atoms. The molecule has 0 aliphatic carbocycles. The number of anilines is 2. The number of rotatable bonds is 14. The highest BCUT2D eigenvalue weighted by Crippen LogP contribution is 2.45. The molecule has 1 aromatic heterocycles. The molecule has 0 fully saturated rings. The van der Waals surface area contributed by atoms with E-state index in [1.54, 1.807) is 0 Å². The Morgan fingerprint density at radius 3 is 2.55 bits per heavy atom. The van der Waals surface area contributed by atoms with Crippen LogP contribution < -0.4 is 15.4 Å². The number of hydrogen-bond donors (Lipinski definition) is 3. The zero-order valence-corrected chi connectivity index (χ0v) is 25.4. The maximum atomic E-state index is 7.21. The van der Waals surface area contributed by atoms with Gasteiger partial charge in [0, 0.05) is 60.6 Å². The molecule has 2 aromatic rings. The maximum Gasteiger partial charge on any atom is 0.227 e. The van der Waals surface area contributed by atoms with Crippen molar-refractivity contribution in [1.82, 2.24) is 19.8 Å². The molecule has 0 spiro atoms. The first-order valence-electron chi connectivity index (χ1n) is 14.0. The van der Waals surface area contributed by atoms with Gasteiger partial charge in [0.1, 0.15) is 11.4 Å². The molecule has 3 N–H and O–H groups in total. The first kappa shape index (κ1) is 30.8. The molecule has 0 saturated heterocycles. The van der Waals surface area contributed by atoms with Crippen LogP contribution in [0.25, 0.3) is 11.1 Å². The number of ether oxygens (including phenoxy) is 1. The summed E-state index contributed by atoms with van der Waals surface area (Å²) in [5.74, 6) is 1.28. The lowest BCUT2D eigenvalue weighted by Gasteiger charge is -2.34. The smallest absolute Gasteiger partial charge is 0.227 e. The van der Waals surface area contributed by atoms with Crippen LogP contribution in [-0.2, 0) is 5.60 Å². The van der Waals surface area contributed by atoms with Crippen LogP contribution in [0.4, 0.5) is 11.6 Å². The van der Waals surface area contributed by atoms with Crippen molar-refractivity contribution in [3.63, 3.8) is 0 Å². The average Bonchev–Trinajstić information content (AvgIpc) is 2.90. The molecule has 0 amide bonds. The highest BCUT2D eigenvalue weighted by molar-refractivity contribution is 5.77. The topological polar surface area (TPSA) is 102 Å². The van der Waals surface area contributed by atoms with E-state index in [1.165, 1.54) is 0 Å². The Bertz CT molecular complexity index is 1260. The van der Waals surface area contributed by atoms with Gasteiger partial charge >= 0.3 is 0 Å². The number of nitrogens with one attached hydrogen (secondary N) is 3. The fourth-order valence-electron chi connectivity index (χ4n) is 4.72. The standard InChI is InChI=1S/C31H46N8O/c1-10-22(18-24(11-2)38(9)16-17-39(12-3)13-4)35-29-33-20-26-25-15-14-23(37-30(5,6)21-34-32)19-27(25)40-31(7,8)28(26)36-29/h10-11,14-15,18-20,32,37H,2,12-13,16-17,21H2,1,3-9H3,(H,33,35,36)/b22-10+,24-18+,34-32?. The van der Waals surface area contributed by atoms with Crippen molar-refractivity contribution in [3.05, 3.63) is 66.3 Å². The molecule has 216 valence electrons. The zero-order valence-electron chi connectivity index (χ0n) is 25.4. The summed E-state index contributed by atoms with van der Waals surface area (Å²) in [6.45, 7) is 22.8. The minimum absolute atomic E-state index is 0.341. The van der Waals surface area contributed by atoms with Gasteiger partial charge in [-0.15, -0.1) is 0 Å². The summed E-state index contributed by atoms with van der Waals surface area (Å²) in [7, 11) is 2.09. The van der Waals surface area contributed by atoms with Crippen LogP contribution in [0.3, 0.4) is 0 Å². The molecule has 3 rings (SSSR count). The van der Waals surface area contributed by atoms with Gasteiger partial charge in [-0.2, -0.15) is 5.11 Å². The van der Waals surface area contributed by atoms with E-state index in [0.717, 1.165) is 65.8 Å². The van der Waals surface area contributed by atoms with E-state index >= 15 is 0 Å². The van der Waals surface area contributed by atoms with Gasteiger partial charge < -0.3 is 25.2 Å². The molecule has 9 nitrogen and oxygen atoms in total. The van der Waals surface area contributed by atoms with Crippen molar-refractivity contribution >= 4 is 11.6 Å². The first-order chi connectivity index (χ1) is 19.0. The van der Waals surface area contributed by atoms with Crippen molar-refractivity contribution in [2.75, 3.05) is 50.4 Å². The monoisotopic (exact) mass is 546 g/mol. The molecule has 0 atom stereocenters. The van der Waals surface area contributed by atoms with Crippen LogP contribution in [0.2, 0.25) is 0 Å². The van der Waals surface area contributed by atoms with Crippen molar-refractivity contribution in [3.8, 4) is 16.9 Å². The van der Waals surface area contributed by atoms with Gasteiger partial charge in [0.05, 0.1) is 17.8 Å². The van der Waals surface area contributed by atoms with Crippen LogP contribution in [0.1, 0.15) is 54.2 Å². The summed E-state index contributed by atoms with van der Waals surface area (Å²) in [5.41, 5.74) is 11.8. The van der Waals surface area contributed by atoms with Gasteiger partial charge in [0.15, 0.2) is 0 Å². The van der Waals surface area contributed by atoms with E-state index < -0.39 is 5.60 Å². The van der Waals surface area contributed by atoms with Crippen LogP contribution in [0.5, 0.6) is 5.75 Å². The van der Waals surface area contributed by atoms with Gasteiger partial charge in [-0.1, -0.05) is 26.5 Å². The van der Waals surface area contributed by atoms with Crippen LogP contribution in [0, 0.1) is 5.53 Å². The largest absolute Gasteiger partial charge is 0.481 e. The Morgan fingerprint density at radius 1 is 1.20 bits per heavy atom. The van der Waals surface area contributed by atoms with E-state index in [1.807, 2.05) is 71.2 Å². The molecule has 0 unspecified atom stereocenters. The Morgan fingerprint density at radius 2 is 1.93 bits per heavy atom. The number of aromatic nitrogens is 2. The lowest BCUT2D eigenvalue weighted by atomic mass is 9.91. The van der Waals surface area contributed by atoms with Crippen molar-refractivity contribution < 1.29 is 4.74 Å². The van der Waals surface area contributed by atoms with E-state index in [-0.39, 0.29) is 5.54 Å². The van der Waals surface area contributed by atoms with Gasteiger partial charge in [-0.05, 0) is 72.0 Å². The van der Waals surface area contributed by atoms with E-state index in [9.17, 15) is 0 Å². The fourth-order valence-corrected chi connectivity index (χ4v) is 4.72. The predicted octanol–water partition coefficient (Wildman–Crippen LogP) is 6.65. The number of allylic oxidation sites excluding steroid dienone is 3. The molecule has 1 aliphatic rings. The molecule has 2 heterocycles. The molecular weight excluding hydrogens is 500 g/mol. The molecule has 9 heteroatoms. The summed E-state index contributed by atoms with van der Waals surface area (Å²) in [5, 5.41) is 10.4. The van der Waals surface area contributed by atoms with Crippen LogP contribution in [-0.4, -0.2) is 65.1 Å². The molecule has 0 radical (unpaired) electrons. The second kappa shape index (κ2) is 13.1. The van der Waals surface area contributed by atoms with Crippen molar-refractivity contribution in [2.45, 2.75) is 59.6 Å². The lowest BCUT2D eigenvalue weighted by Crippen LogP contribution is -2.34. The number of hydrogen-bond acceptors (Lipinski definition) is 9. The zero-order chi connectivity index (χ0) is 29.5. The Labute approximate surface area is 239 Å². The van der Waals surface area contributed by atoms with Crippen LogP contribution >= 0.6 is 0 Å². The molecule has 1 aromatic carbocycles. The molecule has 0 bridgehead atoms. The number of likely N-dealkylation sites (N-methyl/N-ethyl adjacent to an activating group) is 2. The number of benzene rings is 1. The second-order valence-electron chi connectivity index (χ2n) is 11.2. The van der Waals surface area contributed by atoms with Gasteiger partial charge in [-0.3, -0.25) is 0 Å². The minimum atomic E-state index is -0.658. The predicted molar refractivity (Wildman–Crippen MR) is 165 cm³/mol. The maximum absolute atomic E-state index is 7.21. The van der Waals surface area contributed by atoms with Gasteiger partial charge in [0.2, 0.25) is 5.95 Å². The summed E-state index contributed by atoms with van der Waals surface area (Å²) in [6.07, 6.45) is 7.82. The Hall–Kier alpha value is -3.72. The quantitative estimate of drug-likeness (QED) is 0.180. The van der Waals surface area contributed by atoms with Gasteiger partial charge in [0.25, 0.3) is 0 Å². The van der Waals surface area contributed by atoms with Crippen LogP contribution in [0.15, 0.2) is 65.7 Å². The third-order valence-corrected chi connectivity index (χ3v) is 7.12. The minimum Gasteiger partial charge on any atom is -0.481 e. The second-order valence-corrected chi connectivity index (χ2v) is 11.2. The molecule has 1 aliphatic heterocycles. The van der Waals surface area contributed by atoms with E-state index in [0.29, 0.717) is 12.5 Å². The first-order valence-corrected chi connectivity index (χ1v) is 14.0. The molecule has 0 saturated carbocycles. The molecular formula is C31H46N8O. The fraction of sp³-hybridized carbons (Fsp3) is 0.484. The van der Waals surface area contributed by atoms with Crippen molar-refractivity contribution in [1.29, 1.82) is 5.53 Å². The number of fused-ring (bicyclic) bond motifs is 3. The highest BCUT2D eigenvalue weighted by atomic mass is 16.5. The van der Waals surface area contributed by atoms with Crippen molar-refractivity contribution in [2.24, 2.45) is 5.11 Å². The summed E-state index contributed by atoms with van der Waals surface area (Å²) >= 11 is 0. The van der Waals surface area contributed by atoms with E-state index in [4.69, 9.17) is 15.3 Å².